The fraction of sp³-hybridized carbons (Fsp3) is 0.375. The van der Waals surface area contributed by atoms with Crippen LogP contribution in [0.25, 0.3) is 0 Å². The maximum atomic E-state index is 5.91. The van der Waals surface area contributed by atoms with Crippen LogP contribution in [0.15, 0.2) is 46.9 Å². The molecule has 0 saturated carbocycles. The number of nitrogens with zero attached hydrogens (tertiary/aromatic N) is 1. The molecule has 102 valence electrons. The lowest BCUT2D eigenvalue weighted by molar-refractivity contribution is 0.218. The molecule has 19 heavy (non-hydrogen) atoms. The maximum Gasteiger partial charge on any atom is 0.118 e. The molecule has 2 rings (SSSR count). The van der Waals surface area contributed by atoms with Crippen molar-refractivity contribution in [2.24, 2.45) is 5.73 Å². The summed E-state index contributed by atoms with van der Waals surface area (Å²) in [7, 11) is 2.10. The van der Waals surface area contributed by atoms with Crippen molar-refractivity contribution in [3.8, 4) is 0 Å². The highest BCUT2D eigenvalue weighted by molar-refractivity contribution is 5.16. The first kappa shape index (κ1) is 13.8. The predicted molar refractivity (Wildman–Crippen MR) is 77.9 cm³/mol. The maximum absolute atomic E-state index is 5.91. The molecule has 1 heterocycles. The third-order valence-corrected chi connectivity index (χ3v) is 3.41. The average molecular weight is 258 g/mol. The summed E-state index contributed by atoms with van der Waals surface area (Å²) in [6.07, 6.45) is 0.966. The van der Waals surface area contributed by atoms with Crippen molar-refractivity contribution < 1.29 is 4.42 Å². The van der Waals surface area contributed by atoms with Crippen LogP contribution in [0, 0.1) is 6.92 Å². The summed E-state index contributed by atoms with van der Waals surface area (Å²) < 4.78 is 5.62. The molecule has 1 unspecified atom stereocenters. The summed E-state index contributed by atoms with van der Waals surface area (Å²) >= 11 is 0. The van der Waals surface area contributed by atoms with Gasteiger partial charge < -0.3 is 10.2 Å². The van der Waals surface area contributed by atoms with E-state index in [1.54, 1.807) is 0 Å². The van der Waals surface area contributed by atoms with E-state index in [4.69, 9.17) is 10.2 Å². The van der Waals surface area contributed by atoms with Gasteiger partial charge in [0.05, 0.1) is 6.54 Å². The molecule has 3 heteroatoms. The zero-order valence-electron chi connectivity index (χ0n) is 11.7. The minimum absolute atomic E-state index is 0.327. The van der Waals surface area contributed by atoms with Gasteiger partial charge in [-0.1, -0.05) is 30.3 Å². The van der Waals surface area contributed by atoms with E-state index in [0.29, 0.717) is 12.6 Å². The van der Waals surface area contributed by atoms with E-state index in [9.17, 15) is 0 Å². The highest BCUT2D eigenvalue weighted by Gasteiger charge is 2.15. The largest absolute Gasteiger partial charge is 0.465 e. The number of furan rings is 1. The molecule has 0 fully saturated rings. The van der Waals surface area contributed by atoms with Crippen LogP contribution in [0.2, 0.25) is 0 Å². The van der Waals surface area contributed by atoms with Gasteiger partial charge in [0.25, 0.3) is 0 Å². The van der Waals surface area contributed by atoms with Crippen molar-refractivity contribution in [2.45, 2.75) is 25.9 Å². The van der Waals surface area contributed by atoms with Crippen LogP contribution >= 0.6 is 0 Å². The Bertz CT molecular complexity index is 492. The first-order valence-electron chi connectivity index (χ1n) is 6.68. The highest BCUT2D eigenvalue weighted by Crippen LogP contribution is 2.13. The van der Waals surface area contributed by atoms with Crippen molar-refractivity contribution in [3.05, 3.63) is 59.5 Å². The standard InChI is InChI=1S/C16H22N2O/c1-13-8-9-16(19-13)12-18(2)15(11-17)10-14-6-4-3-5-7-14/h3-9,15H,10-12,17H2,1-2H3. The van der Waals surface area contributed by atoms with Crippen LogP contribution in [0.3, 0.4) is 0 Å². The lowest BCUT2D eigenvalue weighted by Gasteiger charge is -2.26. The van der Waals surface area contributed by atoms with Gasteiger partial charge in [0.15, 0.2) is 0 Å². The molecule has 0 spiro atoms. The monoisotopic (exact) mass is 258 g/mol. The molecular weight excluding hydrogens is 236 g/mol. The second-order valence-corrected chi connectivity index (χ2v) is 5.01. The Hall–Kier alpha value is -1.58. The van der Waals surface area contributed by atoms with E-state index in [0.717, 1.165) is 24.5 Å². The van der Waals surface area contributed by atoms with Gasteiger partial charge in [-0.25, -0.2) is 0 Å². The van der Waals surface area contributed by atoms with E-state index in [2.05, 4.69) is 36.2 Å². The molecule has 0 saturated heterocycles. The number of nitrogens with two attached hydrogens (primary N) is 1. The van der Waals surface area contributed by atoms with Crippen molar-refractivity contribution in [3.63, 3.8) is 0 Å². The van der Waals surface area contributed by atoms with Gasteiger partial charge >= 0.3 is 0 Å². The Morgan fingerprint density at radius 2 is 1.89 bits per heavy atom. The van der Waals surface area contributed by atoms with Crippen molar-refractivity contribution >= 4 is 0 Å². The molecule has 0 aliphatic carbocycles. The topological polar surface area (TPSA) is 42.4 Å². The third-order valence-electron chi connectivity index (χ3n) is 3.41. The molecule has 1 atom stereocenters. The number of benzene rings is 1. The highest BCUT2D eigenvalue weighted by atomic mass is 16.3. The Morgan fingerprint density at radius 1 is 1.16 bits per heavy atom. The smallest absolute Gasteiger partial charge is 0.118 e. The summed E-state index contributed by atoms with van der Waals surface area (Å²) in [6, 6.07) is 14.8. The number of likely N-dealkylation sites (N-methyl/N-ethyl adjacent to an activating group) is 1. The van der Waals surface area contributed by atoms with E-state index in [-0.39, 0.29) is 0 Å². The molecule has 3 nitrogen and oxygen atoms in total. The quantitative estimate of drug-likeness (QED) is 0.866. The first-order valence-corrected chi connectivity index (χ1v) is 6.68. The number of aryl methyl sites for hydroxylation is 1. The normalized spacial score (nSPS) is 12.8. The van der Waals surface area contributed by atoms with Crippen LogP contribution in [0.5, 0.6) is 0 Å². The van der Waals surface area contributed by atoms with Crippen LogP contribution in [-0.4, -0.2) is 24.5 Å². The van der Waals surface area contributed by atoms with Gasteiger partial charge in [-0.2, -0.15) is 0 Å². The van der Waals surface area contributed by atoms with Crippen LogP contribution in [0.4, 0.5) is 0 Å². The summed E-state index contributed by atoms with van der Waals surface area (Å²) in [6.45, 7) is 3.40. The Morgan fingerprint density at radius 3 is 2.47 bits per heavy atom. The fourth-order valence-electron chi connectivity index (χ4n) is 2.25. The average Bonchev–Trinajstić information content (AvgIpc) is 2.82. The molecule has 1 aromatic carbocycles. The Kier molecular flexibility index (Phi) is 4.77. The second-order valence-electron chi connectivity index (χ2n) is 5.01. The summed E-state index contributed by atoms with van der Waals surface area (Å²) in [4.78, 5) is 2.26. The zero-order valence-corrected chi connectivity index (χ0v) is 11.7. The van der Waals surface area contributed by atoms with Crippen LogP contribution < -0.4 is 5.73 Å². The summed E-state index contributed by atoms with van der Waals surface area (Å²) in [5, 5.41) is 0. The first-order chi connectivity index (χ1) is 9.19. The van der Waals surface area contributed by atoms with Gasteiger partial charge in [-0.15, -0.1) is 0 Å². The van der Waals surface area contributed by atoms with Crippen LogP contribution in [0.1, 0.15) is 17.1 Å². The van der Waals surface area contributed by atoms with Crippen LogP contribution in [-0.2, 0) is 13.0 Å². The van der Waals surface area contributed by atoms with Crippen molar-refractivity contribution in [2.75, 3.05) is 13.6 Å². The molecular formula is C16H22N2O. The Balaban J connectivity index is 1.97. The second kappa shape index (κ2) is 6.55. The van der Waals surface area contributed by atoms with Gasteiger partial charge in [0, 0.05) is 12.6 Å². The molecule has 0 bridgehead atoms. The molecule has 1 aromatic heterocycles. The number of rotatable bonds is 6. The number of hydrogen-bond acceptors (Lipinski definition) is 3. The van der Waals surface area contributed by atoms with E-state index >= 15 is 0 Å². The summed E-state index contributed by atoms with van der Waals surface area (Å²) in [5.74, 6) is 1.95. The molecule has 2 aromatic rings. The predicted octanol–water partition coefficient (Wildman–Crippen LogP) is 2.59. The van der Waals surface area contributed by atoms with E-state index in [1.165, 1.54) is 5.56 Å². The van der Waals surface area contributed by atoms with E-state index in [1.807, 2.05) is 25.1 Å². The van der Waals surface area contributed by atoms with Gasteiger partial charge in [0.1, 0.15) is 11.5 Å². The number of hydrogen-bond donors (Lipinski definition) is 1. The third kappa shape index (κ3) is 3.94. The minimum Gasteiger partial charge on any atom is -0.465 e. The molecule has 0 aliphatic heterocycles. The SMILES string of the molecule is Cc1ccc(CN(C)C(CN)Cc2ccccc2)o1. The minimum atomic E-state index is 0.327. The molecule has 0 aliphatic rings. The Labute approximate surface area is 115 Å². The molecule has 0 radical (unpaired) electrons. The molecule has 0 amide bonds. The van der Waals surface area contributed by atoms with Gasteiger partial charge in [-0.3, -0.25) is 4.90 Å². The lowest BCUT2D eigenvalue weighted by atomic mass is 10.0. The van der Waals surface area contributed by atoms with Gasteiger partial charge in [0.2, 0.25) is 0 Å². The summed E-state index contributed by atoms with van der Waals surface area (Å²) in [5.41, 5.74) is 7.23. The van der Waals surface area contributed by atoms with E-state index < -0.39 is 0 Å². The van der Waals surface area contributed by atoms with Crippen molar-refractivity contribution in [1.29, 1.82) is 0 Å². The fourth-order valence-corrected chi connectivity index (χ4v) is 2.25. The lowest BCUT2D eigenvalue weighted by Crippen LogP contribution is -2.39. The zero-order chi connectivity index (χ0) is 13.7. The van der Waals surface area contributed by atoms with Crippen molar-refractivity contribution in [1.82, 2.24) is 4.90 Å². The van der Waals surface area contributed by atoms with Gasteiger partial charge in [-0.05, 0) is 38.1 Å². The molecule has 2 N–H and O–H groups in total.